The van der Waals surface area contributed by atoms with Gasteiger partial charge in [-0.2, -0.15) is 10.5 Å². The Morgan fingerprint density at radius 2 is 1.82 bits per heavy atom. The van der Waals surface area contributed by atoms with Crippen LogP contribution in [0.25, 0.3) is 5.57 Å². The Balaban J connectivity index is 2.67. The molecule has 0 fully saturated rings. The van der Waals surface area contributed by atoms with E-state index in [1.165, 1.54) is 0 Å². The molecule has 0 saturated carbocycles. The Labute approximate surface area is 95.2 Å². The summed E-state index contributed by atoms with van der Waals surface area (Å²) in [7, 11) is 0. The molecule has 0 saturated heterocycles. The van der Waals surface area contributed by atoms with Crippen molar-refractivity contribution in [1.29, 1.82) is 10.5 Å². The Bertz CT molecular complexity index is 621. The molecule has 0 spiro atoms. The molecule has 1 aromatic carbocycles. The molecule has 17 heavy (non-hydrogen) atoms. The Hall–Kier alpha value is -2.53. The van der Waals surface area contributed by atoms with E-state index in [4.69, 9.17) is 10.5 Å². The number of carbonyl (C=O) groups is 1. The van der Waals surface area contributed by atoms with E-state index in [9.17, 15) is 13.6 Å². The van der Waals surface area contributed by atoms with Crippen molar-refractivity contribution < 1.29 is 13.6 Å². The fourth-order valence-corrected chi connectivity index (χ4v) is 1.75. The van der Waals surface area contributed by atoms with Crippen LogP contribution in [0.5, 0.6) is 0 Å². The predicted molar refractivity (Wildman–Crippen MR) is 53.4 cm³/mol. The van der Waals surface area contributed by atoms with E-state index in [0.29, 0.717) is 6.07 Å². The molecule has 0 N–H and O–H groups in total. The van der Waals surface area contributed by atoms with E-state index in [-0.39, 0.29) is 16.7 Å². The molecule has 0 aliphatic heterocycles. The average molecular weight is 230 g/mol. The number of rotatable bonds is 1. The zero-order valence-corrected chi connectivity index (χ0v) is 8.37. The zero-order chi connectivity index (χ0) is 12.6. The van der Waals surface area contributed by atoms with Crippen LogP contribution in [0.3, 0.4) is 0 Å². The van der Waals surface area contributed by atoms with Crippen molar-refractivity contribution in [3.8, 4) is 12.1 Å². The fourth-order valence-electron chi connectivity index (χ4n) is 1.75. The van der Waals surface area contributed by atoms with Gasteiger partial charge in [0.2, 0.25) is 0 Å². The van der Waals surface area contributed by atoms with Crippen molar-refractivity contribution in [1.82, 2.24) is 0 Å². The zero-order valence-electron chi connectivity index (χ0n) is 8.37. The average Bonchev–Trinajstić information content (AvgIpc) is 2.58. The first-order valence-corrected chi connectivity index (χ1v) is 4.63. The minimum absolute atomic E-state index is 0.00694. The summed E-state index contributed by atoms with van der Waals surface area (Å²) in [4.78, 5) is 11.5. The summed E-state index contributed by atoms with van der Waals surface area (Å²) in [5, 5.41) is 17.4. The molecule has 1 aromatic rings. The molecule has 1 aliphatic rings. The first kappa shape index (κ1) is 11.0. The van der Waals surface area contributed by atoms with Crippen LogP contribution >= 0.6 is 0 Å². The highest BCUT2D eigenvalue weighted by Gasteiger charge is 2.30. The summed E-state index contributed by atoms with van der Waals surface area (Å²) in [6, 6.07) is 4.83. The summed E-state index contributed by atoms with van der Waals surface area (Å²) in [6.07, 6.45) is 1.00. The lowest BCUT2D eigenvalue weighted by atomic mass is 9.95. The van der Waals surface area contributed by atoms with Crippen molar-refractivity contribution >= 4 is 11.4 Å². The van der Waals surface area contributed by atoms with Gasteiger partial charge in [-0.05, 0) is 17.7 Å². The standard InChI is InChI=1S/C12H4F2N2O/c13-7-1-9-11(17)3-8(6(4-15)5-16)12(9)10(14)2-7/h1-3,6H. The highest BCUT2D eigenvalue weighted by atomic mass is 19.1. The lowest BCUT2D eigenvalue weighted by Gasteiger charge is -2.06. The predicted octanol–water partition coefficient (Wildman–Crippen LogP) is 2.21. The van der Waals surface area contributed by atoms with Crippen molar-refractivity contribution in [2.75, 3.05) is 0 Å². The summed E-state index contributed by atoms with van der Waals surface area (Å²) in [5.41, 5.74) is -0.301. The highest BCUT2D eigenvalue weighted by Crippen LogP contribution is 2.35. The molecule has 2 rings (SSSR count). The van der Waals surface area contributed by atoms with Crippen LogP contribution in [-0.4, -0.2) is 5.78 Å². The van der Waals surface area contributed by atoms with Crippen molar-refractivity contribution in [2.24, 2.45) is 5.92 Å². The molecule has 0 unspecified atom stereocenters. The monoisotopic (exact) mass is 230 g/mol. The third-order valence-electron chi connectivity index (χ3n) is 2.46. The molecule has 0 radical (unpaired) electrons. The van der Waals surface area contributed by atoms with E-state index in [1.54, 1.807) is 12.1 Å². The Kier molecular flexibility index (Phi) is 2.45. The minimum Gasteiger partial charge on any atom is -0.289 e. The summed E-state index contributed by atoms with van der Waals surface area (Å²) in [5.74, 6) is -3.63. The number of allylic oxidation sites excluding steroid dienone is 2. The van der Waals surface area contributed by atoms with Crippen LogP contribution in [0.4, 0.5) is 8.78 Å². The third kappa shape index (κ3) is 1.58. The van der Waals surface area contributed by atoms with Gasteiger partial charge in [0.25, 0.3) is 0 Å². The van der Waals surface area contributed by atoms with E-state index < -0.39 is 23.3 Å². The lowest BCUT2D eigenvalue weighted by molar-refractivity contribution is 0.104. The number of nitrogens with zero attached hydrogens (tertiary/aromatic N) is 2. The van der Waals surface area contributed by atoms with Crippen LogP contribution in [0.15, 0.2) is 18.2 Å². The molecule has 3 nitrogen and oxygen atoms in total. The maximum Gasteiger partial charge on any atom is 0.187 e. The van der Waals surface area contributed by atoms with Crippen LogP contribution < -0.4 is 0 Å². The number of hydrogen-bond acceptors (Lipinski definition) is 3. The number of ketones is 1. The van der Waals surface area contributed by atoms with Gasteiger partial charge in [0.15, 0.2) is 11.7 Å². The first-order valence-electron chi connectivity index (χ1n) is 4.63. The Morgan fingerprint density at radius 1 is 1.18 bits per heavy atom. The number of nitriles is 2. The van der Waals surface area contributed by atoms with E-state index in [0.717, 1.165) is 12.1 Å². The lowest BCUT2D eigenvalue weighted by Crippen LogP contribution is -2.01. The van der Waals surface area contributed by atoms with Gasteiger partial charge in [-0.25, -0.2) is 8.78 Å². The maximum atomic E-state index is 13.6. The molecule has 0 amide bonds. The normalized spacial score (nSPS) is 13.0. The summed E-state index contributed by atoms with van der Waals surface area (Å²) >= 11 is 0. The molecule has 0 atom stereocenters. The quantitative estimate of drug-likeness (QED) is 0.742. The fraction of sp³-hybridized carbons (Fsp3) is 0.0833. The third-order valence-corrected chi connectivity index (χ3v) is 2.46. The highest BCUT2D eigenvalue weighted by molar-refractivity contribution is 6.17. The Morgan fingerprint density at radius 3 is 2.41 bits per heavy atom. The molecule has 0 aromatic heterocycles. The van der Waals surface area contributed by atoms with E-state index in [1.807, 2.05) is 0 Å². The van der Waals surface area contributed by atoms with E-state index in [2.05, 4.69) is 0 Å². The van der Waals surface area contributed by atoms with Gasteiger partial charge in [-0.1, -0.05) is 0 Å². The van der Waals surface area contributed by atoms with Crippen LogP contribution in [-0.2, 0) is 0 Å². The SMILES string of the molecule is N#CC(C#N)C1=CC(=O)c2cc(F)cc(F)c21. The molecular formula is C12H4F2N2O. The second kappa shape index (κ2) is 3.80. The first-order chi connectivity index (χ1) is 8.08. The summed E-state index contributed by atoms with van der Waals surface area (Å²) in [6.45, 7) is 0. The number of benzene rings is 1. The number of hydrogen-bond donors (Lipinski definition) is 0. The van der Waals surface area contributed by atoms with Gasteiger partial charge in [-0.15, -0.1) is 0 Å². The van der Waals surface area contributed by atoms with Crippen molar-refractivity contribution in [2.45, 2.75) is 0 Å². The smallest absolute Gasteiger partial charge is 0.187 e. The number of halogens is 2. The number of fused-ring (bicyclic) bond motifs is 1. The van der Waals surface area contributed by atoms with Gasteiger partial charge >= 0.3 is 0 Å². The van der Waals surface area contributed by atoms with Crippen molar-refractivity contribution in [3.63, 3.8) is 0 Å². The second-order valence-electron chi connectivity index (χ2n) is 3.47. The largest absolute Gasteiger partial charge is 0.289 e. The molecular weight excluding hydrogens is 226 g/mol. The van der Waals surface area contributed by atoms with Gasteiger partial charge in [0, 0.05) is 17.2 Å². The van der Waals surface area contributed by atoms with Gasteiger partial charge in [0.1, 0.15) is 11.6 Å². The molecule has 0 bridgehead atoms. The van der Waals surface area contributed by atoms with Crippen LogP contribution in [0.2, 0.25) is 0 Å². The van der Waals surface area contributed by atoms with Crippen LogP contribution in [0, 0.1) is 40.2 Å². The van der Waals surface area contributed by atoms with Gasteiger partial charge in [0.05, 0.1) is 12.1 Å². The minimum atomic E-state index is -1.24. The van der Waals surface area contributed by atoms with Gasteiger partial charge < -0.3 is 0 Å². The van der Waals surface area contributed by atoms with Crippen molar-refractivity contribution in [3.05, 3.63) is 41.0 Å². The topological polar surface area (TPSA) is 64.7 Å². The number of carbonyl (C=O) groups excluding carboxylic acids is 1. The molecule has 82 valence electrons. The van der Waals surface area contributed by atoms with Crippen LogP contribution in [0.1, 0.15) is 15.9 Å². The van der Waals surface area contributed by atoms with E-state index >= 15 is 0 Å². The second-order valence-corrected chi connectivity index (χ2v) is 3.47. The molecule has 5 heteroatoms. The molecule has 0 heterocycles. The maximum absolute atomic E-state index is 13.6. The molecule has 1 aliphatic carbocycles. The van der Waals surface area contributed by atoms with Gasteiger partial charge in [-0.3, -0.25) is 4.79 Å². The summed E-state index contributed by atoms with van der Waals surface area (Å²) < 4.78 is 26.5.